The second-order valence-corrected chi connectivity index (χ2v) is 25.7. The summed E-state index contributed by atoms with van der Waals surface area (Å²) in [5.41, 5.74) is 24.4. The van der Waals surface area contributed by atoms with Crippen LogP contribution < -0.4 is 16.2 Å². The van der Waals surface area contributed by atoms with Gasteiger partial charge in [-0.1, -0.05) is 107 Å². The van der Waals surface area contributed by atoms with Crippen molar-refractivity contribution < 1.29 is 0 Å². The summed E-state index contributed by atoms with van der Waals surface area (Å²) in [5.74, 6) is 1.40. The predicted octanol–water partition coefficient (Wildman–Crippen LogP) is 14.1. The Bertz CT molecular complexity index is 2840. The van der Waals surface area contributed by atoms with Crippen LogP contribution in [0.15, 0.2) is 77.8 Å². The summed E-state index contributed by atoms with van der Waals surface area (Å²) in [6.45, 7) is 16.7. The van der Waals surface area contributed by atoms with Gasteiger partial charge in [0.2, 0.25) is 0 Å². The summed E-state index contributed by atoms with van der Waals surface area (Å²) >= 11 is 2.09. The van der Waals surface area contributed by atoms with Gasteiger partial charge in [-0.25, -0.2) is 0 Å². The molecule has 0 saturated carbocycles. The molecule has 3 aliphatic heterocycles. The van der Waals surface area contributed by atoms with Gasteiger partial charge in [0.25, 0.3) is 0 Å². The first kappa shape index (κ1) is 38.7. The summed E-state index contributed by atoms with van der Waals surface area (Å²) in [6, 6.07) is 23.9. The first-order valence-electron chi connectivity index (χ1n) is 22.9. The molecule has 0 bridgehead atoms. The van der Waals surface area contributed by atoms with Crippen molar-refractivity contribution in [1.29, 1.82) is 0 Å². The van der Waals surface area contributed by atoms with Gasteiger partial charge < -0.3 is 10.3 Å². The molecule has 5 heteroatoms. The topological polar surface area (TPSA) is 27.8 Å². The second-order valence-electron chi connectivity index (χ2n) is 20.9. The SMILES string of the molecule is Cc1ccccc1-c1cc2c(cc1C)Bc1c(cc3c4c(sc3c1C1=CCCc3c1[nH]c1c3C3CCCCS13C)CCC=C4)-c1cc(C(C)(C)CCC(C)(C)C)ccc1N2. The average molecular weight is 825 g/mol. The summed E-state index contributed by atoms with van der Waals surface area (Å²) in [5, 5.41) is 8.00. The molecule has 4 aromatic carbocycles. The Kier molecular flexibility index (Phi) is 8.98. The van der Waals surface area contributed by atoms with Crippen LogP contribution in [0.1, 0.15) is 134 Å². The molecule has 2 atom stereocenters. The fourth-order valence-corrected chi connectivity index (χ4v) is 17.0. The summed E-state index contributed by atoms with van der Waals surface area (Å²) < 4.78 is 1.49. The zero-order valence-electron chi connectivity index (χ0n) is 37.2. The molecule has 306 valence electrons. The van der Waals surface area contributed by atoms with Crippen LogP contribution in [0.25, 0.3) is 44.0 Å². The third-order valence-electron chi connectivity index (χ3n) is 15.2. The number of aromatic amines is 1. The van der Waals surface area contributed by atoms with Gasteiger partial charge in [-0.3, -0.25) is 0 Å². The molecule has 5 heterocycles. The number of rotatable bonds is 5. The minimum atomic E-state index is -0.758. The first-order chi connectivity index (χ1) is 28.8. The monoisotopic (exact) mass is 824 g/mol. The molecular formula is C55H61BN2S2. The highest BCUT2D eigenvalue weighted by atomic mass is 32.3. The Labute approximate surface area is 365 Å². The van der Waals surface area contributed by atoms with E-state index in [0.717, 1.165) is 38.2 Å². The van der Waals surface area contributed by atoms with Crippen molar-refractivity contribution in [3.05, 3.63) is 122 Å². The number of allylic oxidation sites excluding steroid dienone is 2. The van der Waals surface area contributed by atoms with Gasteiger partial charge in [0, 0.05) is 42.7 Å². The molecule has 1 fully saturated rings. The first-order valence-corrected chi connectivity index (χ1v) is 26.0. The molecule has 2 aromatic heterocycles. The molecule has 6 aromatic rings. The third kappa shape index (κ3) is 6.03. The van der Waals surface area contributed by atoms with Crippen molar-refractivity contribution in [1.82, 2.24) is 4.98 Å². The van der Waals surface area contributed by atoms with E-state index in [4.69, 9.17) is 0 Å². The Balaban J connectivity index is 1.19. The van der Waals surface area contributed by atoms with Gasteiger partial charge in [-0.15, -0.1) is 11.3 Å². The summed E-state index contributed by atoms with van der Waals surface area (Å²) in [7, 11) is 0.123. The Morgan fingerprint density at radius 3 is 2.52 bits per heavy atom. The van der Waals surface area contributed by atoms with E-state index in [1.807, 2.05) is 0 Å². The van der Waals surface area contributed by atoms with Crippen molar-refractivity contribution in [2.24, 2.45) is 5.41 Å². The van der Waals surface area contributed by atoms with Crippen LogP contribution in [-0.4, -0.2) is 24.3 Å². The molecule has 2 unspecified atom stereocenters. The largest absolute Gasteiger partial charge is 0.355 e. The van der Waals surface area contributed by atoms with E-state index >= 15 is 0 Å². The normalized spacial score (nSPS) is 21.2. The highest BCUT2D eigenvalue weighted by molar-refractivity contribution is 8.34. The predicted molar refractivity (Wildman–Crippen MR) is 267 cm³/mol. The maximum Gasteiger partial charge on any atom is 0.196 e. The van der Waals surface area contributed by atoms with Gasteiger partial charge in [0.05, 0.1) is 10.7 Å². The number of H-pyrrole nitrogens is 1. The van der Waals surface area contributed by atoms with Crippen molar-refractivity contribution in [3.63, 3.8) is 0 Å². The number of aryl methyl sites for hydroxylation is 3. The molecule has 1 saturated heterocycles. The van der Waals surface area contributed by atoms with E-state index in [1.54, 1.807) is 21.0 Å². The minimum Gasteiger partial charge on any atom is -0.355 e. The maximum atomic E-state index is 4.28. The lowest BCUT2D eigenvalue weighted by Gasteiger charge is -2.55. The van der Waals surface area contributed by atoms with Crippen LogP contribution in [0.5, 0.6) is 0 Å². The van der Waals surface area contributed by atoms with Gasteiger partial charge in [-0.05, 0) is 168 Å². The van der Waals surface area contributed by atoms with Crippen LogP contribution in [0.2, 0.25) is 0 Å². The van der Waals surface area contributed by atoms with Gasteiger partial charge in [-0.2, -0.15) is 10.0 Å². The van der Waals surface area contributed by atoms with Gasteiger partial charge in [0.15, 0.2) is 7.28 Å². The number of benzene rings is 4. The van der Waals surface area contributed by atoms with Crippen LogP contribution in [0.4, 0.5) is 11.4 Å². The highest BCUT2D eigenvalue weighted by Gasteiger charge is 2.49. The molecule has 5 aliphatic rings. The molecular weight excluding hydrogens is 764 g/mol. The number of thiophene rings is 1. The lowest BCUT2D eigenvalue weighted by Crippen LogP contribution is -2.35. The van der Waals surface area contributed by atoms with Crippen molar-refractivity contribution >= 4 is 72.7 Å². The standard InChI is InChI=1S/C55H61BN2S2/c1-32-16-9-10-17-35(32)39-31-45-43(28-33(39)2)56-50-41(40-29-34(23-24-44(40)57-45)55(6,7)26-25-54(3,4)5)30-42-36-18-11-12-21-46(36)59-52(42)49(50)38-20-15-19-37-48-47-22-13-14-27-60(47,8)53(48)58-51(37)38/h9-11,16-18,20,23-24,28-31,47,56-58H,12-15,19,21-22,25-27H2,1-8H3. The molecule has 11 rings (SSSR count). The van der Waals surface area contributed by atoms with Crippen LogP contribution >= 0.6 is 21.4 Å². The number of aromatic nitrogens is 1. The second kappa shape index (κ2) is 13.9. The maximum absolute atomic E-state index is 4.28. The fraction of sp³-hybridized carbons (Fsp3) is 0.382. The van der Waals surface area contributed by atoms with E-state index in [2.05, 4.69) is 155 Å². The van der Waals surface area contributed by atoms with E-state index < -0.39 is 10.0 Å². The zero-order valence-corrected chi connectivity index (χ0v) is 38.8. The summed E-state index contributed by atoms with van der Waals surface area (Å²) in [6.07, 6.45) is 21.2. The quantitative estimate of drug-likeness (QED) is 0.166. The molecule has 0 spiro atoms. The Morgan fingerprint density at radius 2 is 1.68 bits per heavy atom. The summed E-state index contributed by atoms with van der Waals surface area (Å²) in [4.78, 5) is 5.84. The van der Waals surface area contributed by atoms with E-state index in [9.17, 15) is 0 Å². The van der Waals surface area contributed by atoms with Crippen LogP contribution in [0, 0.1) is 19.3 Å². The minimum absolute atomic E-state index is 0.0391. The zero-order chi connectivity index (χ0) is 41.3. The van der Waals surface area contributed by atoms with E-state index in [1.165, 1.54) is 132 Å². The molecule has 60 heavy (non-hydrogen) atoms. The molecule has 0 amide bonds. The Hall–Kier alpha value is -4.19. The lowest BCUT2D eigenvalue weighted by atomic mass is 9.57. The molecule has 2 N–H and O–H groups in total. The molecule has 2 nitrogen and oxygen atoms in total. The van der Waals surface area contributed by atoms with Gasteiger partial charge >= 0.3 is 0 Å². The number of fused-ring (bicyclic) bond motifs is 13. The molecule has 2 aliphatic carbocycles. The smallest absolute Gasteiger partial charge is 0.196 e. The molecule has 0 radical (unpaired) electrons. The number of hydrogen-bond donors (Lipinski definition) is 2. The van der Waals surface area contributed by atoms with Crippen molar-refractivity contribution in [2.45, 2.75) is 122 Å². The highest BCUT2D eigenvalue weighted by Crippen LogP contribution is 2.78. The average Bonchev–Trinajstić information content (AvgIpc) is 3.77. The van der Waals surface area contributed by atoms with E-state index in [-0.39, 0.29) is 5.41 Å². The number of anilines is 2. The van der Waals surface area contributed by atoms with Crippen LogP contribution in [0.3, 0.4) is 0 Å². The van der Waals surface area contributed by atoms with Crippen molar-refractivity contribution in [3.8, 4) is 22.3 Å². The van der Waals surface area contributed by atoms with Gasteiger partial charge in [0.1, 0.15) is 0 Å². The number of nitrogens with one attached hydrogen (secondary N) is 2. The van der Waals surface area contributed by atoms with Crippen LogP contribution in [-0.2, 0) is 18.3 Å². The van der Waals surface area contributed by atoms with Crippen molar-refractivity contribution in [2.75, 3.05) is 17.3 Å². The lowest BCUT2D eigenvalue weighted by molar-refractivity contribution is 0.315. The Morgan fingerprint density at radius 1 is 0.833 bits per heavy atom. The third-order valence-corrected chi connectivity index (χ3v) is 20.6. The number of hydrogen-bond acceptors (Lipinski definition) is 2. The fourth-order valence-electron chi connectivity index (χ4n) is 11.6. The van der Waals surface area contributed by atoms with E-state index in [0.29, 0.717) is 5.41 Å².